The van der Waals surface area contributed by atoms with Gasteiger partial charge in [0, 0.05) is 6.07 Å². The molecule has 0 heterocycles. The molecule has 0 amide bonds. The van der Waals surface area contributed by atoms with Crippen molar-refractivity contribution in [3.63, 3.8) is 0 Å². The van der Waals surface area contributed by atoms with Crippen LogP contribution in [0.4, 0.5) is 4.39 Å². The van der Waals surface area contributed by atoms with E-state index in [-0.39, 0.29) is 11.2 Å². The maximum atomic E-state index is 14.0. The van der Waals surface area contributed by atoms with Crippen molar-refractivity contribution in [2.75, 3.05) is 20.8 Å². The maximum absolute atomic E-state index is 14.0. The van der Waals surface area contributed by atoms with Gasteiger partial charge in [-0.05, 0) is 30.0 Å². The summed E-state index contributed by atoms with van der Waals surface area (Å²) in [6, 6.07) is 3.04. The fourth-order valence-corrected chi connectivity index (χ4v) is 1.87. The molecule has 1 rings (SSSR count). The lowest BCUT2D eigenvalue weighted by Crippen LogP contribution is -2.23. The molecule has 0 aliphatic carbocycles. The lowest BCUT2D eigenvalue weighted by atomic mass is 9.81. The first-order valence-electron chi connectivity index (χ1n) is 5.58. The first kappa shape index (κ1) is 13.8. The van der Waals surface area contributed by atoms with Crippen LogP contribution in [0.1, 0.15) is 25.8 Å². The largest absolute Gasteiger partial charge is 0.493 e. The summed E-state index contributed by atoms with van der Waals surface area (Å²) in [6.45, 7) is 4.44. The third-order valence-corrected chi connectivity index (χ3v) is 2.97. The molecule has 0 aliphatic heterocycles. The van der Waals surface area contributed by atoms with Crippen molar-refractivity contribution < 1.29 is 13.9 Å². The van der Waals surface area contributed by atoms with Crippen LogP contribution in [0.2, 0.25) is 0 Å². The van der Waals surface area contributed by atoms with Crippen molar-refractivity contribution >= 4 is 0 Å². The first-order valence-corrected chi connectivity index (χ1v) is 5.58. The molecule has 0 spiro atoms. The Kier molecular flexibility index (Phi) is 4.34. The van der Waals surface area contributed by atoms with Gasteiger partial charge in [0.05, 0.1) is 14.2 Å². The Bertz CT molecular complexity index is 391. The van der Waals surface area contributed by atoms with Crippen LogP contribution in [0.25, 0.3) is 0 Å². The topological polar surface area (TPSA) is 44.5 Å². The summed E-state index contributed by atoms with van der Waals surface area (Å²) in [7, 11) is 3.03. The van der Waals surface area contributed by atoms with E-state index in [1.54, 1.807) is 6.07 Å². The van der Waals surface area contributed by atoms with Crippen molar-refractivity contribution in [1.29, 1.82) is 0 Å². The molecule has 0 saturated heterocycles. The van der Waals surface area contributed by atoms with Crippen LogP contribution in [-0.2, 0) is 5.41 Å². The van der Waals surface area contributed by atoms with Crippen LogP contribution in [0.15, 0.2) is 12.1 Å². The third kappa shape index (κ3) is 2.88. The van der Waals surface area contributed by atoms with Crippen molar-refractivity contribution in [2.24, 2.45) is 5.73 Å². The molecule has 0 aliphatic rings. The van der Waals surface area contributed by atoms with E-state index in [4.69, 9.17) is 15.2 Å². The summed E-state index contributed by atoms with van der Waals surface area (Å²) >= 11 is 0. The van der Waals surface area contributed by atoms with Gasteiger partial charge in [0.2, 0.25) is 0 Å². The molecule has 0 radical (unpaired) electrons. The second-order valence-electron chi connectivity index (χ2n) is 4.61. The van der Waals surface area contributed by atoms with E-state index in [1.807, 2.05) is 13.8 Å². The normalized spacial score (nSPS) is 11.4. The number of nitrogens with two attached hydrogens (primary N) is 1. The minimum Gasteiger partial charge on any atom is -0.493 e. The smallest absolute Gasteiger partial charge is 0.163 e. The van der Waals surface area contributed by atoms with E-state index in [1.165, 1.54) is 20.3 Å². The van der Waals surface area contributed by atoms with Gasteiger partial charge in [-0.2, -0.15) is 0 Å². The van der Waals surface area contributed by atoms with E-state index in [2.05, 4.69) is 0 Å². The molecule has 0 saturated carbocycles. The molecule has 0 bridgehead atoms. The standard InChI is InChI=1S/C13H20FNO2/c1-13(2,5-6-15)9-7-11(16-3)12(17-4)8-10(9)14/h7-8H,5-6,15H2,1-4H3. The summed E-state index contributed by atoms with van der Waals surface area (Å²) in [6.07, 6.45) is 0.708. The third-order valence-electron chi connectivity index (χ3n) is 2.97. The van der Waals surface area contributed by atoms with E-state index in [0.29, 0.717) is 30.0 Å². The van der Waals surface area contributed by atoms with Crippen molar-refractivity contribution in [1.82, 2.24) is 0 Å². The average Bonchev–Trinajstić information content (AvgIpc) is 2.28. The number of hydrogen-bond donors (Lipinski definition) is 1. The molecular weight excluding hydrogens is 221 g/mol. The Morgan fingerprint density at radius 1 is 1.18 bits per heavy atom. The zero-order chi connectivity index (χ0) is 13.1. The van der Waals surface area contributed by atoms with Crippen LogP contribution in [0.5, 0.6) is 11.5 Å². The molecule has 17 heavy (non-hydrogen) atoms. The van der Waals surface area contributed by atoms with Gasteiger partial charge in [-0.1, -0.05) is 13.8 Å². The molecule has 3 nitrogen and oxygen atoms in total. The molecule has 0 aromatic heterocycles. The van der Waals surface area contributed by atoms with Crippen molar-refractivity contribution in [3.8, 4) is 11.5 Å². The predicted octanol–water partition coefficient (Wildman–Crippen LogP) is 2.47. The number of benzene rings is 1. The fourth-order valence-electron chi connectivity index (χ4n) is 1.87. The summed E-state index contributed by atoms with van der Waals surface area (Å²) in [5, 5.41) is 0. The summed E-state index contributed by atoms with van der Waals surface area (Å²) in [5.41, 5.74) is 5.83. The van der Waals surface area contributed by atoms with E-state index < -0.39 is 0 Å². The second kappa shape index (κ2) is 5.36. The number of ether oxygens (including phenoxy) is 2. The minimum atomic E-state index is -0.321. The van der Waals surface area contributed by atoms with Gasteiger partial charge in [-0.3, -0.25) is 0 Å². The molecular formula is C13H20FNO2. The second-order valence-corrected chi connectivity index (χ2v) is 4.61. The summed E-state index contributed by atoms with van der Waals surface area (Å²) in [4.78, 5) is 0. The van der Waals surface area contributed by atoms with Gasteiger partial charge >= 0.3 is 0 Å². The van der Waals surface area contributed by atoms with Crippen LogP contribution < -0.4 is 15.2 Å². The lowest BCUT2D eigenvalue weighted by Gasteiger charge is -2.26. The number of methoxy groups -OCH3 is 2. The Morgan fingerprint density at radius 2 is 1.71 bits per heavy atom. The SMILES string of the molecule is COc1cc(F)c(C(C)(C)CCN)cc1OC. The molecule has 0 atom stereocenters. The van der Waals surface area contributed by atoms with Gasteiger partial charge in [0.1, 0.15) is 5.82 Å². The quantitative estimate of drug-likeness (QED) is 0.861. The highest BCUT2D eigenvalue weighted by Crippen LogP contribution is 2.36. The summed E-state index contributed by atoms with van der Waals surface area (Å²) in [5.74, 6) is 0.646. The van der Waals surface area contributed by atoms with E-state index in [0.717, 1.165) is 0 Å². The van der Waals surface area contributed by atoms with E-state index >= 15 is 0 Å². The monoisotopic (exact) mass is 241 g/mol. The van der Waals surface area contributed by atoms with Gasteiger partial charge in [0.25, 0.3) is 0 Å². The Labute approximate surface area is 102 Å². The number of rotatable bonds is 5. The fraction of sp³-hybridized carbons (Fsp3) is 0.538. The Hall–Kier alpha value is -1.29. The highest BCUT2D eigenvalue weighted by Gasteiger charge is 2.25. The highest BCUT2D eigenvalue weighted by atomic mass is 19.1. The van der Waals surface area contributed by atoms with Crippen LogP contribution in [0.3, 0.4) is 0 Å². The van der Waals surface area contributed by atoms with Gasteiger partial charge < -0.3 is 15.2 Å². The molecule has 0 unspecified atom stereocenters. The van der Waals surface area contributed by atoms with Crippen molar-refractivity contribution in [3.05, 3.63) is 23.5 Å². The number of hydrogen-bond acceptors (Lipinski definition) is 3. The minimum absolute atomic E-state index is 0.291. The lowest BCUT2D eigenvalue weighted by molar-refractivity contribution is 0.348. The molecule has 4 heteroatoms. The van der Waals surface area contributed by atoms with Crippen LogP contribution in [0, 0.1) is 5.82 Å². The van der Waals surface area contributed by atoms with Crippen LogP contribution in [-0.4, -0.2) is 20.8 Å². The summed E-state index contributed by atoms with van der Waals surface area (Å²) < 4.78 is 24.2. The molecule has 1 aromatic rings. The highest BCUT2D eigenvalue weighted by molar-refractivity contribution is 5.45. The van der Waals surface area contributed by atoms with E-state index in [9.17, 15) is 4.39 Å². The average molecular weight is 241 g/mol. The zero-order valence-electron chi connectivity index (χ0n) is 10.8. The van der Waals surface area contributed by atoms with Crippen LogP contribution >= 0.6 is 0 Å². The van der Waals surface area contributed by atoms with Gasteiger partial charge in [-0.25, -0.2) is 4.39 Å². The molecule has 96 valence electrons. The molecule has 0 fully saturated rings. The van der Waals surface area contributed by atoms with Gasteiger partial charge in [-0.15, -0.1) is 0 Å². The Balaban J connectivity index is 3.25. The number of halogens is 1. The molecule has 1 aromatic carbocycles. The zero-order valence-corrected chi connectivity index (χ0v) is 10.8. The maximum Gasteiger partial charge on any atom is 0.163 e. The first-order chi connectivity index (χ1) is 7.96. The van der Waals surface area contributed by atoms with Crippen molar-refractivity contribution in [2.45, 2.75) is 25.7 Å². The predicted molar refractivity (Wildman–Crippen MR) is 66.2 cm³/mol. The molecule has 2 N–H and O–H groups in total. The Morgan fingerprint density at radius 3 is 2.18 bits per heavy atom. The van der Waals surface area contributed by atoms with Gasteiger partial charge in [0.15, 0.2) is 11.5 Å².